The van der Waals surface area contributed by atoms with Gasteiger partial charge in [0.15, 0.2) is 0 Å². The molecule has 0 aliphatic carbocycles. The van der Waals surface area contributed by atoms with Crippen LogP contribution in [0.15, 0.2) is 0 Å². The van der Waals surface area contributed by atoms with Gasteiger partial charge in [-0.25, -0.2) is 0 Å². The van der Waals surface area contributed by atoms with Gasteiger partial charge in [-0.05, 0) is 0 Å². The van der Waals surface area contributed by atoms with E-state index in [0.717, 1.165) is 4.74 Å². The van der Waals surface area contributed by atoms with Crippen LogP contribution in [0, 0.1) is 0 Å². The first-order valence-electron chi connectivity index (χ1n) is 2.18. The van der Waals surface area contributed by atoms with Crippen molar-refractivity contribution in [2.24, 2.45) is 0 Å². The molecule has 0 atom stereocenters. The zero-order chi connectivity index (χ0) is 4.99. The van der Waals surface area contributed by atoms with Gasteiger partial charge in [-0.15, -0.1) is 0 Å². The summed E-state index contributed by atoms with van der Waals surface area (Å²) in [4.78, 5) is 0. The van der Waals surface area contributed by atoms with Crippen molar-refractivity contribution in [3.8, 4) is 0 Å². The fourth-order valence-corrected chi connectivity index (χ4v) is 0.707. The predicted octanol–water partition coefficient (Wildman–Crippen LogP) is -2.46. The van der Waals surface area contributed by atoms with Crippen molar-refractivity contribution >= 4 is 21.7 Å². The van der Waals surface area contributed by atoms with E-state index in [1.54, 1.807) is 0 Å². The molecular weight excluding hydrogens is 124 g/mol. The molecule has 0 rings (SSSR count). The van der Waals surface area contributed by atoms with E-state index in [9.17, 15) is 0 Å². The maximum absolute atomic E-state index is 5.05. The van der Waals surface area contributed by atoms with Crippen molar-refractivity contribution in [1.82, 2.24) is 0 Å². The first-order chi connectivity index (χ1) is 2.77. The van der Waals surface area contributed by atoms with Crippen LogP contribution in [0.25, 0.3) is 0 Å². The third kappa shape index (κ3) is 10.9. The molecule has 3 heteroatoms. The molecule has 0 saturated carbocycles. The first-order valence-corrected chi connectivity index (χ1v) is 3.18. The quantitative estimate of drug-likeness (QED) is 0.379. The summed E-state index contributed by atoms with van der Waals surface area (Å²) in [5.41, 5.74) is 0. The molecule has 0 aromatic carbocycles. The predicted molar refractivity (Wildman–Crippen MR) is 26.8 cm³/mol. The Bertz CT molecular complexity index is 32.9. The number of ether oxygens (including phenoxy) is 1. The molecule has 0 aromatic rings. The first kappa shape index (κ1) is 10.9. The number of hydrogen-bond donors (Lipinski definition) is 0. The van der Waals surface area contributed by atoms with Crippen LogP contribution in [0.2, 0.25) is 0 Å². The number of hydrogen-bond acceptors (Lipinski definition) is 1. The molecule has 0 heterocycles. The average molecular weight is 133 g/mol. The Morgan fingerprint density at radius 3 is 2.00 bits per heavy atom. The fourth-order valence-electron chi connectivity index (χ4n) is 0.236. The van der Waals surface area contributed by atoms with Crippen molar-refractivity contribution in [3.63, 3.8) is 0 Å². The maximum Gasteiger partial charge on any atom is -1.00 e. The summed E-state index contributed by atoms with van der Waals surface area (Å²) in [5.74, 6) is 0. The van der Waals surface area contributed by atoms with E-state index >= 15 is 0 Å². The van der Waals surface area contributed by atoms with E-state index in [2.05, 4.69) is 0 Å². The van der Waals surface area contributed by atoms with Crippen LogP contribution in [0.1, 0.15) is 13.8 Å². The molecule has 0 saturated heterocycles. The Balaban J connectivity index is 0. The van der Waals surface area contributed by atoms with Crippen molar-refractivity contribution in [3.05, 3.63) is 0 Å². The SMILES string of the molecule is CC(C)O[CH2][Mg+].[Cl-]. The van der Waals surface area contributed by atoms with E-state index in [0.29, 0.717) is 6.10 Å². The molecule has 0 aliphatic heterocycles. The van der Waals surface area contributed by atoms with Gasteiger partial charge in [-0.1, -0.05) is 0 Å². The fraction of sp³-hybridized carbons (Fsp3) is 1.00. The normalized spacial score (nSPS) is 8.71. The maximum atomic E-state index is 5.05. The minimum atomic E-state index is 0. The number of rotatable bonds is 2. The zero-order valence-corrected chi connectivity index (χ0v) is 6.95. The van der Waals surface area contributed by atoms with Gasteiger partial charge < -0.3 is 12.4 Å². The van der Waals surface area contributed by atoms with Crippen molar-refractivity contribution in [2.45, 2.75) is 20.0 Å². The Morgan fingerprint density at radius 1 is 1.57 bits per heavy atom. The third-order valence-corrected chi connectivity index (χ3v) is 0.687. The van der Waals surface area contributed by atoms with Gasteiger partial charge in [0.05, 0.1) is 0 Å². The largest absolute Gasteiger partial charge is 1.00 e. The van der Waals surface area contributed by atoms with E-state index in [-0.39, 0.29) is 12.4 Å². The molecule has 0 unspecified atom stereocenters. The Morgan fingerprint density at radius 2 is 2.00 bits per heavy atom. The molecule has 1 nitrogen and oxygen atoms in total. The minimum absolute atomic E-state index is 0. The minimum Gasteiger partial charge on any atom is -1.00 e. The second-order valence-electron chi connectivity index (χ2n) is 1.42. The van der Waals surface area contributed by atoms with Gasteiger partial charge in [0.2, 0.25) is 0 Å². The molecule has 0 spiro atoms. The Kier molecular flexibility index (Phi) is 10.9. The topological polar surface area (TPSA) is 9.23 Å². The summed E-state index contributed by atoms with van der Waals surface area (Å²) in [5, 5.41) is 0. The van der Waals surface area contributed by atoms with E-state index in [4.69, 9.17) is 4.74 Å². The van der Waals surface area contributed by atoms with Crippen LogP contribution in [0.4, 0.5) is 0 Å². The third-order valence-electron chi connectivity index (χ3n) is 0.451. The van der Waals surface area contributed by atoms with Crippen LogP contribution in [0.3, 0.4) is 0 Å². The Hall–Kier alpha value is 1.02. The van der Waals surface area contributed by atoms with Crippen LogP contribution >= 0.6 is 0 Å². The van der Waals surface area contributed by atoms with Crippen molar-refractivity contribution in [1.29, 1.82) is 0 Å². The molecule has 0 bridgehead atoms. The van der Waals surface area contributed by atoms with Gasteiger partial charge in [0, 0.05) is 0 Å². The van der Waals surface area contributed by atoms with Crippen LogP contribution in [0.5, 0.6) is 0 Å². The van der Waals surface area contributed by atoms with Gasteiger partial charge in [0.25, 0.3) is 0 Å². The average Bonchev–Trinajstić information content (AvgIpc) is 1.35. The molecule has 0 radical (unpaired) electrons. The summed E-state index contributed by atoms with van der Waals surface area (Å²) in [6.07, 6.45) is 0.405. The molecule has 0 fully saturated rings. The van der Waals surface area contributed by atoms with E-state index in [1.807, 2.05) is 35.6 Å². The summed E-state index contributed by atoms with van der Waals surface area (Å²) in [6, 6.07) is 0. The summed E-state index contributed by atoms with van der Waals surface area (Å²) in [6.45, 7) is 4.07. The molecule has 7 heavy (non-hydrogen) atoms. The van der Waals surface area contributed by atoms with E-state index < -0.39 is 0 Å². The summed E-state index contributed by atoms with van der Waals surface area (Å²) in [7, 11) is 0. The smallest absolute Gasteiger partial charge is 1.00 e. The molecular formula is C4H9ClMgO. The van der Waals surface area contributed by atoms with Crippen LogP contribution in [-0.4, -0.2) is 32.5 Å². The monoisotopic (exact) mass is 132 g/mol. The summed E-state index contributed by atoms with van der Waals surface area (Å²) >= 11 is 1.83. The van der Waals surface area contributed by atoms with Crippen LogP contribution < -0.4 is 12.4 Å². The van der Waals surface area contributed by atoms with Gasteiger partial charge >= 0.3 is 51.1 Å². The molecule has 0 aromatic heterocycles. The Labute approximate surface area is 63.7 Å². The van der Waals surface area contributed by atoms with Gasteiger partial charge in [0.1, 0.15) is 0 Å². The van der Waals surface area contributed by atoms with Gasteiger partial charge in [-0.3, -0.25) is 0 Å². The molecule has 0 N–H and O–H groups in total. The zero-order valence-electron chi connectivity index (χ0n) is 4.78. The van der Waals surface area contributed by atoms with E-state index in [1.165, 1.54) is 0 Å². The summed E-state index contributed by atoms with van der Waals surface area (Å²) < 4.78 is 5.91. The second-order valence-corrected chi connectivity index (χ2v) is 1.83. The molecule has 0 aliphatic rings. The molecule has 0 amide bonds. The molecule has 40 valence electrons. The number of halogens is 1. The standard InChI is InChI=1S/C4H9O.ClH.Mg/c1-4(2)5-3;;/h4H,3H2,1-2H3;1H;/q;;+1/p-1. The van der Waals surface area contributed by atoms with Crippen molar-refractivity contribution in [2.75, 3.05) is 4.74 Å². The second kappa shape index (κ2) is 7.02. The van der Waals surface area contributed by atoms with Gasteiger partial charge in [-0.2, -0.15) is 0 Å². The van der Waals surface area contributed by atoms with Crippen LogP contribution in [-0.2, 0) is 4.74 Å². The van der Waals surface area contributed by atoms with Crippen molar-refractivity contribution < 1.29 is 17.1 Å².